The number of rotatable bonds is 2. The molecule has 0 aromatic heterocycles. The zero-order valence-electron chi connectivity index (χ0n) is 16.5. The zero-order valence-corrected chi connectivity index (χ0v) is 16.5. The Morgan fingerprint density at radius 3 is 1.47 bits per heavy atom. The lowest BCUT2D eigenvalue weighted by atomic mass is 9.91. The molecular formula is C30H20. The second-order valence-electron chi connectivity index (χ2n) is 7.83. The first-order valence-corrected chi connectivity index (χ1v) is 10.4. The third-order valence-electron chi connectivity index (χ3n) is 6.03. The van der Waals surface area contributed by atoms with Crippen molar-refractivity contribution in [2.24, 2.45) is 0 Å². The molecule has 140 valence electrons. The average Bonchev–Trinajstić information content (AvgIpc) is 2.82. The Bertz CT molecular complexity index is 1470. The van der Waals surface area contributed by atoms with E-state index in [1.54, 1.807) is 0 Å². The van der Waals surface area contributed by atoms with Gasteiger partial charge in [0.25, 0.3) is 0 Å². The predicted molar refractivity (Wildman–Crippen MR) is 130 cm³/mol. The van der Waals surface area contributed by atoms with E-state index in [1.165, 1.54) is 54.6 Å². The topological polar surface area (TPSA) is 0 Å². The van der Waals surface area contributed by atoms with Crippen molar-refractivity contribution in [2.45, 2.75) is 0 Å². The quantitative estimate of drug-likeness (QED) is 0.264. The maximum atomic E-state index is 2.29. The summed E-state index contributed by atoms with van der Waals surface area (Å²) in [5.41, 5.74) is 5.07. The first-order chi connectivity index (χ1) is 14.9. The molecule has 6 aromatic rings. The van der Waals surface area contributed by atoms with E-state index in [4.69, 9.17) is 0 Å². The lowest BCUT2D eigenvalue weighted by Crippen LogP contribution is -1.86. The number of benzene rings is 6. The molecule has 30 heavy (non-hydrogen) atoms. The highest BCUT2D eigenvalue weighted by Gasteiger charge is 2.10. The van der Waals surface area contributed by atoms with Gasteiger partial charge >= 0.3 is 0 Å². The Morgan fingerprint density at radius 1 is 0.300 bits per heavy atom. The highest BCUT2D eigenvalue weighted by molar-refractivity contribution is 6.12. The van der Waals surface area contributed by atoms with Crippen molar-refractivity contribution in [1.82, 2.24) is 0 Å². The minimum absolute atomic E-state index is 1.24. The van der Waals surface area contributed by atoms with Crippen LogP contribution in [-0.2, 0) is 0 Å². The van der Waals surface area contributed by atoms with Gasteiger partial charge in [-0.15, -0.1) is 0 Å². The van der Waals surface area contributed by atoms with Gasteiger partial charge < -0.3 is 0 Å². The molecule has 0 nitrogen and oxygen atoms in total. The van der Waals surface area contributed by atoms with Crippen LogP contribution >= 0.6 is 0 Å². The van der Waals surface area contributed by atoms with Crippen molar-refractivity contribution in [3.8, 4) is 22.3 Å². The van der Waals surface area contributed by atoms with Crippen LogP contribution in [0, 0.1) is 0 Å². The molecule has 6 rings (SSSR count). The fraction of sp³-hybridized carbons (Fsp3) is 0. The zero-order chi connectivity index (χ0) is 19.9. The first kappa shape index (κ1) is 17.0. The fourth-order valence-corrected chi connectivity index (χ4v) is 4.52. The van der Waals surface area contributed by atoms with Crippen LogP contribution in [0.5, 0.6) is 0 Å². The monoisotopic (exact) mass is 380 g/mol. The van der Waals surface area contributed by atoms with Crippen LogP contribution in [-0.4, -0.2) is 0 Å². The van der Waals surface area contributed by atoms with E-state index < -0.39 is 0 Å². The fourth-order valence-electron chi connectivity index (χ4n) is 4.52. The molecule has 0 aliphatic carbocycles. The highest BCUT2D eigenvalue weighted by atomic mass is 14.1. The van der Waals surface area contributed by atoms with Crippen LogP contribution in [0.4, 0.5) is 0 Å². The second kappa shape index (κ2) is 6.86. The van der Waals surface area contributed by atoms with Crippen molar-refractivity contribution in [1.29, 1.82) is 0 Å². The first-order valence-electron chi connectivity index (χ1n) is 10.4. The average molecular weight is 380 g/mol. The molecule has 0 aliphatic rings. The van der Waals surface area contributed by atoms with Crippen LogP contribution in [0.15, 0.2) is 121 Å². The summed E-state index contributed by atoms with van der Waals surface area (Å²) in [7, 11) is 0. The smallest absolute Gasteiger partial charge is 0.00268 e. The molecular weight excluding hydrogens is 360 g/mol. The lowest BCUT2D eigenvalue weighted by Gasteiger charge is -2.13. The maximum absolute atomic E-state index is 2.29. The van der Waals surface area contributed by atoms with Crippen molar-refractivity contribution >= 4 is 32.3 Å². The van der Waals surface area contributed by atoms with Crippen LogP contribution in [0.1, 0.15) is 0 Å². The van der Waals surface area contributed by atoms with Crippen molar-refractivity contribution in [3.05, 3.63) is 121 Å². The van der Waals surface area contributed by atoms with Crippen LogP contribution in [0.2, 0.25) is 0 Å². The Morgan fingerprint density at radius 2 is 0.800 bits per heavy atom. The van der Waals surface area contributed by atoms with Crippen molar-refractivity contribution in [2.75, 3.05) is 0 Å². The Hall–Kier alpha value is -3.90. The minimum atomic E-state index is 1.24. The molecule has 0 saturated heterocycles. The molecule has 0 fully saturated rings. The van der Waals surface area contributed by atoms with E-state index in [-0.39, 0.29) is 0 Å². The van der Waals surface area contributed by atoms with Crippen molar-refractivity contribution in [3.63, 3.8) is 0 Å². The van der Waals surface area contributed by atoms with Gasteiger partial charge in [0.2, 0.25) is 0 Å². The third-order valence-corrected chi connectivity index (χ3v) is 6.03. The number of hydrogen-bond acceptors (Lipinski definition) is 0. The van der Waals surface area contributed by atoms with Gasteiger partial charge in [0.15, 0.2) is 0 Å². The second-order valence-corrected chi connectivity index (χ2v) is 7.83. The van der Waals surface area contributed by atoms with Gasteiger partial charge in [0.05, 0.1) is 0 Å². The van der Waals surface area contributed by atoms with Gasteiger partial charge in [-0.25, -0.2) is 0 Å². The molecule has 0 amide bonds. The summed E-state index contributed by atoms with van der Waals surface area (Å²) in [6.45, 7) is 0. The summed E-state index contributed by atoms with van der Waals surface area (Å²) >= 11 is 0. The molecule has 0 atom stereocenters. The molecule has 6 aromatic carbocycles. The normalized spacial score (nSPS) is 11.3. The molecule has 0 unspecified atom stereocenters. The number of hydrogen-bond donors (Lipinski definition) is 0. The largest absolute Gasteiger partial charge is 0.0616 e. The summed E-state index contributed by atoms with van der Waals surface area (Å²) in [5.74, 6) is 0. The molecule has 0 heteroatoms. The lowest BCUT2D eigenvalue weighted by molar-refractivity contribution is 1.63. The molecule has 0 radical (unpaired) electrons. The van der Waals surface area contributed by atoms with Gasteiger partial charge in [-0.3, -0.25) is 0 Å². The molecule has 0 N–H and O–H groups in total. The SMILES string of the molecule is c1ccc2cc(-c3ccc(-c4c5ccccc5cc5ccccc45)cc3)ccc2c1. The predicted octanol–water partition coefficient (Wildman–Crippen LogP) is 8.48. The molecule has 0 aliphatic heterocycles. The molecule has 0 saturated carbocycles. The standard InChI is InChI=1S/C30H20/c1-2-8-24-19-25(18-15-21(24)7-1)22-13-16-23(17-14-22)30-28-11-5-3-9-26(28)20-27-10-4-6-12-29(27)30/h1-20H. The Kier molecular flexibility index (Phi) is 3.89. The summed E-state index contributed by atoms with van der Waals surface area (Å²) < 4.78 is 0. The van der Waals surface area contributed by atoms with E-state index in [2.05, 4.69) is 121 Å². The summed E-state index contributed by atoms with van der Waals surface area (Å²) in [4.78, 5) is 0. The summed E-state index contributed by atoms with van der Waals surface area (Å²) in [5, 5.41) is 7.72. The third kappa shape index (κ3) is 2.77. The van der Waals surface area contributed by atoms with E-state index in [0.29, 0.717) is 0 Å². The maximum Gasteiger partial charge on any atom is -0.00268 e. The minimum Gasteiger partial charge on any atom is -0.0616 e. The Balaban J connectivity index is 1.52. The van der Waals surface area contributed by atoms with Crippen LogP contribution in [0.3, 0.4) is 0 Å². The van der Waals surface area contributed by atoms with Crippen LogP contribution in [0.25, 0.3) is 54.6 Å². The van der Waals surface area contributed by atoms with Gasteiger partial charge in [-0.05, 0) is 66.7 Å². The van der Waals surface area contributed by atoms with Gasteiger partial charge in [-0.2, -0.15) is 0 Å². The highest BCUT2D eigenvalue weighted by Crippen LogP contribution is 2.37. The summed E-state index contributed by atoms with van der Waals surface area (Å²) in [6.07, 6.45) is 0. The molecule has 0 spiro atoms. The van der Waals surface area contributed by atoms with E-state index >= 15 is 0 Å². The van der Waals surface area contributed by atoms with Gasteiger partial charge in [0.1, 0.15) is 0 Å². The number of fused-ring (bicyclic) bond motifs is 3. The van der Waals surface area contributed by atoms with Gasteiger partial charge in [0, 0.05) is 0 Å². The Labute approximate surface area is 176 Å². The van der Waals surface area contributed by atoms with Crippen molar-refractivity contribution < 1.29 is 0 Å². The van der Waals surface area contributed by atoms with E-state index in [9.17, 15) is 0 Å². The van der Waals surface area contributed by atoms with Crippen LogP contribution < -0.4 is 0 Å². The molecule has 0 bridgehead atoms. The molecule has 0 heterocycles. The van der Waals surface area contributed by atoms with E-state index in [0.717, 1.165) is 0 Å². The van der Waals surface area contributed by atoms with E-state index in [1.807, 2.05) is 0 Å². The van der Waals surface area contributed by atoms with Gasteiger partial charge in [-0.1, -0.05) is 109 Å². The summed E-state index contributed by atoms with van der Waals surface area (Å²) in [6, 6.07) is 43.9.